The number of hydrogen-bond acceptors (Lipinski definition) is 4. The van der Waals surface area contributed by atoms with Crippen LogP contribution in [0, 0.1) is 0 Å². The summed E-state index contributed by atoms with van der Waals surface area (Å²) in [6, 6.07) is 15.6. The molecule has 0 heterocycles. The standard InChI is InChI=1S/C19H18INO4/c1-12(18(22)24-2)21(20)19(23)25-11-17-15-9-5-3-7-13(15)14-8-4-6-10-16(14)17/h3-10,12,17H,11H2,1-2H3. The quantitative estimate of drug-likeness (QED) is 0.398. The molecule has 25 heavy (non-hydrogen) atoms. The van der Waals surface area contributed by atoms with Gasteiger partial charge in [0.25, 0.3) is 0 Å². The summed E-state index contributed by atoms with van der Waals surface area (Å²) in [4.78, 5) is 23.8. The van der Waals surface area contributed by atoms with Crippen LogP contribution in [0.2, 0.25) is 0 Å². The van der Waals surface area contributed by atoms with Crippen LogP contribution >= 0.6 is 22.9 Å². The summed E-state index contributed by atoms with van der Waals surface area (Å²) >= 11 is 1.78. The molecule has 0 aromatic heterocycles. The largest absolute Gasteiger partial charge is 0.467 e. The molecule has 5 nitrogen and oxygen atoms in total. The van der Waals surface area contributed by atoms with E-state index in [-0.39, 0.29) is 12.5 Å². The van der Waals surface area contributed by atoms with Gasteiger partial charge in [-0.05, 0) is 29.2 Å². The second-order valence-corrected chi connectivity index (χ2v) is 6.85. The Morgan fingerprint density at radius 3 is 2.12 bits per heavy atom. The van der Waals surface area contributed by atoms with Crippen LogP contribution in [0.5, 0.6) is 0 Å². The smallest absolute Gasteiger partial charge is 0.419 e. The van der Waals surface area contributed by atoms with E-state index in [0.29, 0.717) is 0 Å². The van der Waals surface area contributed by atoms with Gasteiger partial charge in [-0.2, -0.15) is 0 Å². The van der Waals surface area contributed by atoms with Crippen LogP contribution in [0.25, 0.3) is 11.1 Å². The molecule has 1 unspecified atom stereocenters. The molecule has 0 fully saturated rings. The second-order valence-electron chi connectivity index (χ2n) is 5.81. The molecular weight excluding hydrogens is 433 g/mol. The van der Waals surface area contributed by atoms with Crippen molar-refractivity contribution < 1.29 is 19.1 Å². The fraction of sp³-hybridized carbons (Fsp3) is 0.263. The third-order valence-corrected chi connectivity index (χ3v) is 5.62. The van der Waals surface area contributed by atoms with E-state index in [0.717, 1.165) is 11.1 Å². The first kappa shape index (κ1) is 17.7. The molecule has 0 aliphatic heterocycles. The van der Waals surface area contributed by atoms with E-state index >= 15 is 0 Å². The molecule has 1 aliphatic rings. The first-order chi connectivity index (χ1) is 12.0. The Labute approximate surface area is 160 Å². The third-order valence-electron chi connectivity index (χ3n) is 4.39. The number of amides is 1. The van der Waals surface area contributed by atoms with Crippen LogP contribution in [0.4, 0.5) is 4.79 Å². The molecular formula is C19H18INO4. The third kappa shape index (κ3) is 3.35. The number of halogens is 1. The average Bonchev–Trinajstić information content (AvgIpc) is 2.98. The molecule has 6 heteroatoms. The number of benzene rings is 2. The van der Waals surface area contributed by atoms with E-state index in [1.807, 2.05) is 24.3 Å². The molecule has 2 aromatic carbocycles. The highest BCUT2D eigenvalue weighted by atomic mass is 127. The zero-order chi connectivity index (χ0) is 18.0. The van der Waals surface area contributed by atoms with Crippen LogP contribution in [-0.2, 0) is 14.3 Å². The van der Waals surface area contributed by atoms with Crippen LogP contribution in [0.3, 0.4) is 0 Å². The lowest BCUT2D eigenvalue weighted by atomic mass is 9.98. The van der Waals surface area contributed by atoms with Crippen molar-refractivity contribution in [2.75, 3.05) is 13.7 Å². The summed E-state index contributed by atoms with van der Waals surface area (Å²) in [5.41, 5.74) is 4.65. The number of nitrogens with zero attached hydrogens (tertiary/aromatic N) is 1. The summed E-state index contributed by atoms with van der Waals surface area (Å²) in [6.07, 6.45) is -0.555. The van der Waals surface area contributed by atoms with Gasteiger partial charge < -0.3 is 9.47 Å². The predicted molar refractivity (Wildman–Crippen MR) is 102 cm³/mol. The number of fused-ring (bicyclic) bond motifs is 3. The van der Waals surface area contributed by atoms with Crippen LogP contribution in [0.15, 0.2) is 48.5 Å². The average molecular weight is 451 g/mol. The Balaban J connectivity index is 1.75. The van der Waals surface area contributed by atoms with Gasteiger partial charge in [-0.3, -0.25) is 0 Å². The SMILES string of the molecule is COC(=O)C(C)N(I)C(=O)OCC1c2ccccc2-c2ccccc21. The highest BCUT2D eigenvalue weighted by Crippen LogP contribution is 2.44. The van der Waals surface area contributed by atoms with Crippen molar-refractivity contribution in [3.05, 3.63) is 59.7 Å². The maximum Gasteiger partial charge on any atom is 0.419 e. The van der Waals surface area contributed by atoms with Gasteiger partial charge in [-0.1, -0.05) is 48.5 Å². The topological polar surface area (TPSA) is 55.8 Å². The highest BCUT2D eigenvalue weighted by molar-refractivity contribution is 14.1. The number of carbonyl (C=O) groups excluding carboxylic acids is 2. The Bertz CT molecular complexity index is 762. The maximum absolute atomic E-state index is 12.3. The normalized spacial score (nSPS) is 13.6. The van der Waals surface area contributed by atoms with Gasteiger partial charge in [-0.15, -0.1) is 0 Å². The van der Waals surface area contributed by atoms with Gasteiger partial charge >= 0.3 is 12.1 Å². The molecule has 2 aromatic rings. The van der Waals surface area contributed by atoms with Crippen molar-refractivity contribution >= 4 is 34.9 Å². The van der Waals surface area contributed by atoms with Crippen molar-refractivity contribution in [1.82, 2.24) is 3.11 Å². The number of rotatable bonds is 4. The van der Waals surface area contributed by atoms with Crippen molar-refractivity contribution in [3.63, 3.8) is 0 Å². The summed E-state index contributed by atoms with van der Waals surface area (Å²) in [5, 5.41) is 0. The summed E-state index contributed by atoms with van der Waals surface area (Å²) in [6.45, 7) is 1.82. The maximum atomic E-state index is 12.3. The molecule has 1 atom stereocenters. The molecule has 0 bridgehead atoms. The molecule has 0 radical (unpaired) electrons. The van der Waals surface area contributed by atoms with Crippen LogP contribution < -0.4 is 0 Å². The van der Waals surface area contributed by atoms with Gasteiger partial charge in [0, 0.05) is 5.92 Å². The lowest BCUT2D eigenvalue weighted by Crippen LogP contribution is -2.37. The van der Waals surface area contributed by atoms with E-state index in [1.165, 1.54) is 21.4 Å². The fourth-order valence-electron chi connectivity index (χ4n) is 3.08. The monoisotopic (exact) mass is 451 g/mol. The molecule has 0 spiro atoms. The van der Waals surface area contributed by atoms with Crippen molar-refractivity contribution in [3.8, 4) is 11.1 Å². The number of methoxy groups -OCH3 is 1. The minimum atomic E-state index is -0.707. The minimum Gasteiger partial charge on any atom is -0.467 e. The van der Waals surface area contributed by atoms with E-state index < -0.39 is 18.1 Å². The highest BCUT2D eigenvalue weighted by Gasteiger charge is 2.31. The number of esters is 1. The zero-order valence-electron chi connectivity index (χ0n) is 13.9. The lowest BCUT2D eigenvalue weighted by molar-refractivity contribution is -0.143. The van der Waals surface area contributed by atoms with Crippen LogP contribution in [-0.4, -0.2) is 34.9 Å². The predicted octanol–water partition coefficient (Wildman–Crippen LogP) is 4.15. The Kier molecular flexibility index (Phi) is 5.27. The fourth-order valence-corrected chi connectivity index (χ4v) is 3.44. The lowest BCUT2D eigenvalue weighted by Gasteiger charge is -2.21. The molecule has 0 N–H and O–H groups in total. The molecule has 130 valence electrons. The Hall–Kier alpha value is -2.09. The Morgan fingerprint density at radius 1 is 1.08 bits per heavy atom. The molecule has 3 rings (SSSR count). The molecule has 1 amide bonds. The van der Waals surface area contributed by atoms with E-state index in [1.54, 1.807) is 29.8 Å². The van der Waals surface area contributed by atoms with Gasteiger partial charge in [-0.25, -0.2) is 12.7 Å². The first-order valence-electron chi connectivity index (χ1n) is 7.92. The molecule has 1 aliphatic carbocycles. The van der Waals surface area contributed by atoms with E-state index in [2.05, 4.69) is 29.0 Å². The van der Waals surface area contributed by atoms with Gasteiger partial charge in [0.1, 0.15) is 12.6 Å². The summed E-state index contributed by atoms with van der Waals surface area (Å²) in [7, 11) is 1.29. The van der Waals surface area contributed by atoms with E-state index in [4.69, 9.17) is 4.74 Å². The van der Waals surface area contributed by atoms with Crippen molar-refractivity contribution in [2.24, 2.45) is 0 Å². The Morgan fingerprint density at radius 2 is 1.60 bits per heavy atom. The van der Waals surface area contributed by atoms with Gasteiger partial charge in [0.05, 0.1) is 30.0 Å². The zero-order valence-corrected chi connectivity index (χ0v) is 16.1. The number of hydrogen-bond donors (Lipinski definition) is 0. The van der Waals surface area contributed by atoms with Crippen molar-refractivity contribution in [1.29, 1.82) is 0 Å². The first-order valence-corrected chi connectivity index (χ1v) is 8.89. The minimum absolute atomic E-state index is 0.00502. The van der Waals surface area contributed by atoms with Crippen LogP contribution in [0.1, 0.15) is 24.0 Å². The molecule has 0 saturated carbocycles. The van der Waals surface area contributed by atoms with E-state index in [9.17, 15) is 9.59 Å². The van der Waals surface area contributed by atoms with Crippen molar-refractivity contribution in [2.45, 2.75) is 18.9 Å². The molecule has 0 saturated heterocycles. The number of carbonyl (C=O) groups is 2. The van der Waals surface area contributed by atoms with Gasteiger partial charge in [0.15, 0.2) is 0 Å². The summed E-state index contributed by atoms with van der Waals surface area (Å²) < 4.78 is 11.4. The van der Waals surface area contributed by atoms with Gasteiger partial charge in [0.2, 0.25) is 0 Å². The number of ether oxygens (including phenoxy) is 2. The summed E-state index contributed by atoms with van der Waals surface area (Å²) in [5.74, 6) is -0.488. The second kappa shape index (κ2) is 7.43.